The minimum Gasteiger partial charge on any atom is -0.453 e. The van der Waals surface area contributed by atoms with Gasteiger partial charge in [0.05, 0.1) is 44.8 Å². The molecule has 0 N–H and O–H groups in total. The molecule has 14 rings (SSSR count). The molecule has 5 heteroatoms. The van der Waals surface area contributed by atoms with E-state index in [0.29, 0.717) is 0 Å². The van der Waals surface area contributed by atoms with Gasteiger partial charge in [-0.05, 0) is 133 Å². The van der Waals surface area contributed by atoms with Crippen molar-refractivity contribution in [1.29, 1.82) is 0 Å². The smallest absolute Gasteiger partial charge is 0.153 e. The van der Waals surface area contributed by atoms with Crippen LogP contribution in [0.2, 0.25) is 0 Å². The summed E-state index contributed by atoms with van der Waals surface area (Å²) in [4.78, 5) is 2.39. The number of ether oxygens (including phenoxy) is 1. The minimum absolute atomic E-state index is 0.794. The van der Waals surface area contributed by atoms with Gasteiger partial charge >= 0.3 is 0 Å². The lowest BCUT2D eigenvalue weighted by Crippen LogP contribution is -2.16. The van der Waals surface area contributed by atoms with E-state index < -0.39 is 0 Å². The first-order valence-electron chi connectivity index (χ1n) is 22.9. The van der Waals surface area contributed by atoms with Gasteiger partial charge in [-0.3, -0.25) is 0 Å². The fourth-order valence-corrected chi connectivity index (χ4v) is 11.7. The highest BCUT2D eigenvalue weighted by Crippen LogP contribution is 2.53. The van der Waals surface area contributed by atoms with Crippen molar-refractivity contribution >= 4 is 92.2 Å². The topological polar surface area (TPSA) is 22.3 Å². The van der Waals surface area contributed by atoms with Crippen LogP contribution in [-0.2, 0) is 0 Å². The standard InChI is InChI=1S/C62H41N3OS/c1-38-17-24-53-48(31-38)49-32-39(2)18-25-54(49)63(53)45-21-28-57-59(36-45)66-60-37-46(22-29-58(60)65(57)44-23-30-62-52(35-44)47-15-9-10-16-61(47)67-62)64-55-26-19-42(40-11-5-3-6-12-40)33-50(55)51-34-43(20-27-56(51)64)41-13-7-4-8-14-41/h3-37H,1-2H3. The van der Waals surface area contributed by atoms with E-state index in [1.54, 1.807) is 0 Å². The molecule has 4 heterocycles. The Morgan fingerprint density at radius 2 is 0.791 bits per heavy atom. The molecule has 0 saturated carbocycles. The van der Waals surface area contributed by atoms with Gasteiger partial charge < -0.3 is 18.8 Å². The third-order valence-electron chi connectivity index (χ3n) is 13.8. The zero-order chi connectivity index (χ0) is 44.3. The molecule has 1 aliphatic rings. The number of thiophene rings is 1. The van der Waals surface area contributed by atoms with Gasteiger partial charge in [-0.2, -0.15) is 0 Å². The van der Waals surface area contributed by atoms with Crippen LogP contribution in [0.3, 0.4) is 0 Å². The Morgan fingerprint density at radius 1 is 0.328 bits per heavy atom. The molecule has 0 bridgehead atoms. The summed E-state index contributed by atoms with van der Waals surface area (Å²) in [5.74, 6) is 1.59. The third-order valence-corrected chi connectivity index (χ3v) is 14.9. The van der Waals surface area contributed by atoms with Crippen LogP contribution in [0.4, 0.5) is 17.1 Å². The highest BCUT2D eigenvalue weighted by Gasteiger charge is 2.29. The summed E-state index contributed by atoms with van der Waals surface area (Å²) >= 11 is 1.84. The fraction of sp³-hybridized carbons (Fsp3) is 0.0323. The number of anilines is 3. The first kappa shape index (κ1) is 37.9. The highest BCUT2D eigenvalue weighted by atomic mass is 32.1. The van der Waals surface area contributed by atoms with E-state index in [1.165, 1.54) is 86.1 Å². The summed E-state index contributed by atoms with van der Waals surface area (Å²) in [7, 11) is 0. The van der Waals surface area contributed by atoms with Crippen LogP contribution < -0.4 is 9.64 Å². The van der Waals surface area contributed by atoms with Crippen LogP contribution in [0.5, 0.6) is 11.5 Å². The summed E-state index contributed by atoms with van der Waals surface area (Å²) in [6.07, 6.45) is 0. The molecule has 4 nitrogen and oxygen atoms in total. The van der Waals surface area contributed by atoms with Crippen molar-refractivity contribution in [3.63, 3.8) is 0 Å². The van der Waals surface area contributed by atoms with Crippen molar-refractivity contribution in [3.05, 3.63) is 223 Å². The maximum absolute atomic E-state index is 7.22. The Morgan fingerprint density at radius 3 is 1.34 bits per heavy atom. The average molecular weight is 876 g/mol. The second kappa shape index (κ2) is 14.6. The van der Waals surface area contributed by atoms with Gasteiger partial charge in [-0.25, -0.2) is 0 Å². The van der Waals surface area contributed by atoms with Crippen molar-refractivity contribution in [1.82, 2.24) is 9.13 Å². The molecule has 0 radical (unpaired) electrons. The van der Waals surface area contributed by atoms with Crippen LogP contribution >= 0.6 is 11.3 Å². The largest absolute Gasteiger partial charge is 0.453 e. The lowest BCUT2D eigenvalue weighted by Gasteiger charge is -2.33. The van der Waals surface area contributed by atoms with Gasteiger partial charge in [-0.1, -0.05) is 114 Å². The molecule has 0 atom stereocenters. The first-order chi connectivity index (χ1) is 33.0. The average Bonchev–Trinajstić information content (AvgIpc) is 4.02. The lowest BCUT2D eigenvalue weighted by atomic mass is 10.0. The van der Waals surface area contributed by atoms with E-state index in [9.17, 15) is 0 Å². The normalized spacial score (nSPS) is 12.4. The van der Waals surface area contributed by atoms with Crippen molar-refractivity contribution in [2.75, 3.05) is 4.90 Å². The maximum Gasteiger partial charge on any atom is 0.153 e. The number of rotatable bonds is 5. The Balaban J connectivity index is 0.981. The molecule has 0 amide bonds. The van der Waals surface area contributed by atoms with Gasteiger partial charge in [0.25, 0.3) is 0 Å². The van der Waals surface area contributed by atoms with E-state index in [1.807, 2.05) is 11.3 Å². The molecule has 13 aromatic rings. The number of benzene rings is 10. The van der Waals surface area contributed by atoms with Crippen molar-refractivity contribution in [2.45, 2.75) is 13.8 Å². The van der Waals surface area contributed by atoms with E-state index in [2.05, 4.69) is 240 Å². The SMILES string of the molecule is Cc1ccc2c(c1)c1cc(C)ccc1n2-c1ccc2c(c1)Oc1cc(-n3c4ccc(-c5ccccc5)cc4c4cc(-c5ccccc5)ccc43)ccc1N2c1ccc2sc3ccccc3c2c1. The number of aryl methyl sites for hydroxylation is 2. The van der Waals surface area contributed by atoms with Gasteiger partial charge in [-0.15, -0.1) is 11.3 Å². The Hall–Kier alpha value is -8.38. The van der Waals surface area contributed by atoms with E-state index in [0.717, 1.165) is 51.0 Å². The molecule has 0 spiro atoms. The van der Waals surface area contributed by atoms with Crippen LogP contribution in [0.15, 0.2) is 212 Å². The van der Waals surface area contributed by atoms with E-state index in [-0.39, 0.29) is 0 Å². The highest BCUT2D eigenvalue weighted by molar-refractivity contribution is 7.25. The molecule has 3 aromatic heterocycles. The monoisotopic (exact) mass is 875 g/mol. The Labute approximate surface area is 391 Å². The zero-order valence-electron chi connectivity index (χ0n) is 36.9. The fourth-order valence-electron chi connectivity index (χ4n) is 10.6. The lowest BCUT2D eigenvalue weighted by molar-refractivity contribution is 0.476. The predicted octanol–water partition coefficient (Wildman–Crippen LogP) is 17.8. The molecule has 10 aromatic carbocycles. The van der Waals surface area contributed by atoms with Gasteiger partial charge in [0.15, 0.2) is 11.5 Å². The van der Waals surface area contributed by atoms with Gasteiger partial charge in [0.1, 0.15) is 0 Å². The molecule has 0 unspecified atom stereocenters. The Bertz CT molecular complexity index is 4000. The maximum atomic E-state index is 7.22. The second-order valence-electron chi connectivity index (χ2n) is 17.9. The van der Waals surface area contributed by atoms with Crippen LogP contribution in [0.1, 0.15) is 11.1 Å². The first-order valence-corrected chi connectivity index (χ1v) is 23.7. The quantitative estimate of drug-likeness (QED) is 0.172. The van der Waals surface area contributed by atoms with Gasteiger partial charge in [0, 0.05) is 59.5 Å². The van der Waals surface area contributed by atoms with Crippen molar-refractivity contribution in [3.8, 4) is 45.1 Å². The summed E-state index contributed by atoms with van der Waals surface area (Å²) in [5, 5.41) is 7.45. The Kier molecular flexibility index (Phi) is 8.25. The minimum atomic E-state index is 0.794. The third kappa shape index (κ3) is 5.91. The molecule has 0 aliphatic carbocycles. The molecular weight excluding hydrogens is 835 g/mol. The summed E-state index contributed by atoms with van der Waals surface area (Å²) in [6, 6.07) is 77.7. The van der Waals surface area contributed by atoms with Crippen LogP contribution in [0.25, 0.3) is 97.4 Å². The molecule has 1 aliphatic heterocycles. The number of hydrogen-bond acceptors (Lipinski definition) is 3. The second-order valence-corrected chi connectivity index (χ2v) is 19.0. The van der Waals surface area contributed by atoms with Crippen LogP contribution in [-0.4, -0.2) is 9.13 Å². The van der Waals surface area contributed by atoms with Crippen LogP contribution in [0, 0.1) is 13.8 Å². The molecular formula is C62H41N3OS. The number of aromatic nitrogens is 2. The predicted molar refractivity (Wildman–Crippen MR) is 283 cm³/mol. The molecule has 316 valence electrons. The summed E-state index contributed by atoms with van der Waals surface area (Å²) < 4.78 is 14.6. The van der Waals surface area contributed by atoms with Crippen molar-refractivity contribution < 1.29 is 4.74 Å². The summed E-state index contributed by atoms with van der Waals surface area (Å²) in [5.41, 5.74) is 17.1. The molecule has 67 heavy (non-hydrogen) atoms. The molecule has 0 saturated heterocycles. The van der Waals surface area contributed by atoms with E-state index >= 15 is 0 Å². The van der Waals surface area contributed by atoms with E-state index in [4.69, 9.17) is 4.74 Å². The zero-order valence-corrected chi connectivity index (χ0v) is 37.7. The van der Waals surface area contributed by atoms with Gasteiger partial charge in [0.2, 0.25) is 0 Å². The summed E-state index contributed by atoms with van der Waals surface area (Å²) in [6.45, 7) is 4.34. The molecule has 0 fully saturated rings. The number of fused-ring (bicyclic) bond motifs is 11. The van der Waals surface area contributed by atoms with Crippen molar-refractivity contribution in [2.24, 2.45) is 0 Å². The number of hydrogen-bond donors (Lipinski definition) is 0. The number of nitrogens with zero attached hydrogens (tertiary/aromatic N) is 3.